The second-order valence-corrected chi connectivity index (χ2v) is 11.8. The summed E-state index contributed by atoms with van der Waals surface area (Å²) in [5.41, 5.74) is 0.524. The van der Waals surface area contributed by atoms with Gasteiger partial charge in [-0.1, -0.05) is 5.16 Å². The molecule has 0 unspecified atom stereocenters. The highest BCUT2D eigenvalue weighted by Gasteiger charge is 2.55. The first kappa shape index (κ1) is 29.8. The Morgan fingerprint density at radius 3 is 2.78 bits per heavy atom. The van der Waals surface area contributed by atoms with Gasteiger partial charge in [-0.3, -0.25) is 24.1 Å². The average molecular weight is 607 g/mol. The van der Waals surface area contributed by atoms with Crippen molar-refractivity contribution in [3.63, 3.8) is 0 Å². The maximum absolute atomic E-state index is 13.1. The van der Waals surface area contributed by atoms with Crippen molar-refractivity contribution in [2.24, 2.45) is 5.16 Å². The Bertz CT molecular complexity index is 1500. The number of hydrogen-bond acceptors (Lipinski definition) is 11. The topological polar surface area (TPSA) is 203 Å². The van der Waals surface area contributed by atoms with Crippen LogP contribution in [0.2, 0.25) is 0 Å². The minimum atomic E-state index is -1.24. The standard InChI is InChI=1S/C24H27N7O8S2/c1-31(2,5-4-13-6-15(33)16(34)7-25-13)8-12-9-40-22-18(21(36)30(22)19(12)23(37)38)28-20(35)17(29-39-3)14-10-41-24(27-14)26-11-32/h6-7,10-11,18,22H,4-5,8-9H2,1-3H3,(H4-,25,26,27,28,29,32,33,34,35,37,38)/p+1/t18-,22-/m1/s1. The quantitative estimate of drug-likeness (QED) is 0.0690. The number of rotatable bonds is 12. The molecule has 0 radical (unpaired) electrons. The number of quaternary nitrogens is 1. The van der Waals surface area contributed by atoms with Crippen LogP contribution in [0.5, 0.6) is 5.75 Å². The van der Waals surface area contributed by atoms with Gasteiger partial charge in [-0.2, -0.15) is 0 Å². The third-order valence-electron chi connectivity index (χ3n) is 6.42. The number of hydrogen-bond donors (Lipinski definition) is 5. The maximum Gasteiger partial charge on any atom is 0.352 e. The van der Waals surface area contributed by atoms with Crippen molar-refractivity contribution in [1.82, 2.24) is 20.2 Å². The number of aromatic amines is 1. The molecular formula is C24H28N7O8S2+. The lowest BCUT2D eigenvalue weighted by Crippen LogP contribution is -2.71. The van der Waals surface area contributed by atoms with Gasteiger partial charge < -0.3 is 35.2 Å². The van der Waals surface area contributed by atoms with Crippen LogP contribution in [-0.4, -0.2) is 111 Å². The summed E-state index contributed by atoms with van der Waals surface area (Å²) >= 11 is 2.40. The van der Waals surface area contributed by atoms with Crippen LogP contribution in [0.3, 0.4) is 0 Å². The molecule has 17 heteroatoms. The zero-order valence-electron chi connectivity index (χ0n) is 22.2. The molecule has 0 spiro atoms. The van der Waals surface area contributed by atoms with Gasteiger partial charge in [0.2, 0.25) is 11.8 Å². The summed E-state index contributed by atoms with van der Waals surface area (Å²) in [5, 5.41) is 29.3. The summed E-state index contributed by atoms with van der Waals surface area (Å²) < 4.78 is 0.369. The van der Waals surface area contributed by atoms with E-state index in [9.17, 15) is 34.2 Å². The number of carboxylic acid groups (broad SMARTS) is 1. The van der Waals surface area contributed by atoms with E-state index in [1.54, 1.807) is 0 Å². The summed E-state index contributed by atoms with van der Waals surface area (Å²) in [5.74, 6) is -2.61. The van der Waals surface area contributed by atoms with E-state index in [2.05, 4.69) is 25.8 Å². The molecule has 5 N–H and O–H groups in total. The highest BCUT2D eigenvalue weighted by molar-refractivity contribution is 8.00. The molecule has 1 fully saturated rings. The summed E-state index contributed by atoms with van der Waals surface area (Å²) in [4.78, 5) is 73.8. The smallest absolute Gasteiger partial charge is 0.352 e. The van der Waals surface area contributed by atoms with Crippen LogP contribution >= 0.6 is 23.1 Å². The van der Waals surface area contributed by atoms with Gasteiger partial charge in [-0.15, -0.1) is 23.1 Å². The fraction of sp³-hybridized carbons (Fsp3) is 0.375. The Hall–Kier alpha value is -4.22. The monoisotopic (exact) mass is 606 g/mol. The molecule has 2 aromatic heterocycles. The van der Waals surface area contributed by atoms with Gasteiger partial charge in [0.25, 0.3) is 11.8 Å². The number of amides is 3. The van der Waals surface area contributed by atoms with Gasteiger partial charge >= 0.3 is 5.97 Å². The van der Waals surface area contributed by atoms with Crippen LogP contribution in [0.4, 0.5) is 5.13 Å². The number of aromatic nitrogens is 2. The van der Waals surface area contributed by atoms with Gasteiger partial charge in [-0.05, 0) is 0 Å². The number of H-pyrrole nitrogens is 1. The number of carboxylic acids is 1. The lowest BCUT2D eigenvalue weighted by atomic mass is 10.0. The van der Waals surface area contributed by atoms with Crippen LogP contribution in [0.15, 0.2) is 38.9 Å². The van der Waals surface area contributed by atoms with Crippen molar-refractivity contribution >= 4 is 58.1 Å². The molecule has 1 saturated heterocycles. The van der Waals surface area contributed by atoms with Gasteiger partial charge in [0.05, 0.1) is 20.6 Å². The van der Waals surface area contributed by atoms with Crippen molar-refractivity contribution in [1.29, 1.82) is 0 Å². The van der Waals surface area contributed by atoms with Crippen LogP contribution in [0, 0.1) is 0 Å². The van der Waals surface area contributed by atoms with Crippen LogP contribution in [0.25, 0.3) is 0 Å². The van der Waals surface area contributed by atoms with Crippen LogP contribution in [-0.2, 0) is 30.4 Å². The van der Waals surface area contributed by atoms with E-state index in [0.29, 0.717) is 47.4 Å². The number of thioether (sulfide) groups is 1. The van der Waals surface area contributed by atoms with E-state index in [1.807, 2.05) is 14.1 Å². The summed E-state index contributed by atoms with van der Waals surface area (Å²) in [6.45, 7) is 0.871. The third-order valence-corrected chi connectivity index (χ3v) is 8.53. The van der Waals surface area contributed by atoms with Crippen molar-refractivity contribution in [2.75, 3.05) is 45.4 Å². The van der Waals surface area contributed by atoms with Crippen LogP contribution < -0.4 is 16.1 Å². The maximum atomic E-state index is 13.1. The number of nitrogens with one attached hydrogen (secondary N) is 3. The van der Waals surface area contributed by atoms with E-state index in [1.165, 1.54) is 41.4 Å². The second kappa shape index (κ2) is 12.1. The first-order chi connectivity index (χ1) is 19.5. The summed E-state index contributed by atoms with van der Waals surface area (Å²) in [6.07, 6.45) is 2.15. The van der Waals surface area contributed by atoms with E-state index < -0.39 is 34.6 Å². The molecule has 0 bridgehead atoms. The van der Waals surface area contributed by atoms with Gasteiger partial charge in [0, 0.05) is 41.1 Å². The highest BCUT2D eigenvalue weighted by atomic mass is 32.2. The minimum absolute atomic E-state index is 0.108. The van der Waals surface area contributed by atoms with Gasteiger partial charge in [-0.25, -0.2) is 9.78 Å². The number of anilines is 1. The number of oxime groups is 1. The normalized spacial score (nSPS) is 18.9. The Morgan fingerprint density at radius 2 is 2.12 bits per heavy atom. The lowest BCUT2D eigenvalue weighted by Gasteiger charge is -2.49. The van der Waals surface area contributed by atoms with Gasteiger partial charge in [0.15, 0.2) is 16.6 Å². The zero-order chi connectivity index (χ0) is 29.9. The van der Waals surface area contributed by atoms with Crippen molar-refractivity contribution < 1.29 is 38.7 Å². The molecule has 3 amide bonds. The molecule has 2 atom stereocenters. The number of β-lactam (4-membered cyclic amide) rings is 1. The van der Waals surface area contributed by atoms with E-state index in [0.717, 1.165) is 11.3 Å². The zero-order valence-corrected chi connectivity index (χ0v) is 23.9. The predicted octanol–water partition coefficient (Wildman–Crippen LogP) is -0.486. The molecule has 2 aliphatic rings. The largest absolute Gasteiger partial charge is 0.503 e. The van der Waals surface area contributed by atoms with E-state index >= 15 is 0 Å². The summed E-state index contributed by atoms with van der Waals surface area (Å²) in [7, 11) is 5.06. The molecule has 0 aromatic carbocycles. The minimum Gasteiger partial charge on any atom is -0.503 e. The molecule has 2 aromatic rings. The van der Waals surface area contributed by atoms with Crippen molar-refractivity contribution in [3.05, 3.63) is 50.5 Å². The number of aromatic hydroxyl groups is 1. The number of carbonyl (C=O) groups excluding carboxylic acids is 3. The molecule has 41 heavy (non-hydrogen) atoms. The Kier molecular flexibility index (Phi) is 8.79. The SMILES string of the molecule is CON=C(C(=O)N[C@@H]1C(=O)N2C(C(=O)O)=C(C[N+](C)(C)CCc3cc(=O)c(O)c[nH]3)CS[C@H]12)c1csc(NC=O)n1. The third kappa shape index (κ3) is 6.41. The molecule has 4 heterocycles. The van der Waals surface area contributed by atoms with Crippen LogP contribution in [0.1, 0.15) is 11.4 Å². The number of carbonyl (C=O) groups is 4. The van der Waals surface area contributed by atoms with E-state index in [4.69, 9.17) is 4.84 Å². The molecule has 4 rings (SSSR count). The van der Waals surface area contributed by atoms with Gasteiger partial charge in [0.1, 0.15) is 36.5 Å². The predicted molar refractivity (Wildman–Crippen MR) is 149 cm³/mol. The second-order valence-electron chi connectivity index (χ2n) is 9.82. The first-order valence-electron chi connectivity index (χ1n) is 12.2. The molecule has 0 aliphatic carbocycles. The summed E-state index contributed by atoms with van der Waals surface area (Å²) in [6, 6.07) is 0.328. The number of fused-ring (bicyclic) bond motifs is 1. The Labute approximate surface area is 241 Å². The Balaban J connectivity index is 1.46. The van der Waals surface area contributed by atoms with Crippen molar-refractivity contribution in [2.45, 2.75) is 17.8 Å². The molecule has 0 saturated carbocycles. The first-order valence-corrected chi connectivity index (χ1v) is 14.1. The number of aliphatic carboxylic acids is 1. The lowest BCUT2D eigenvalue weighted by molar-refractivity contribution is -0.885. The molecule has 15 nitrogen and oxygen atoms in total. The number of thiazole rings is 1. The average Bonchev–Trinajstić information content (AvgIpc) is 3.38. The fourth-order valence-corrected chi connectivity index (χ4v) is 6.47. The fourth-order valence-electron chi connectivity index (χ4n) is 4.48. The number of nitrogens with zero attached hydrogens (tertiary/aromatic N) is 4. The van der Waals surface area contributed by atoms with E-state index in [-0.39, 0.29) is 28.0 Å². The highest BCUT2D eigenvalue weighted by Crippen LogP contribution is 2.40. The Morgan fingerprint density at radius 1 is 1.37 bits per heavy atom. The van der Waals surface area contributed by atoms with Crippen molar-refractivity contribution in [3.8, 4) is 5.75 Å². The number of pyridine rings is 1. The molecular weight excluding hydrogens is 578 g/mol. The molecule has 2 aliphatic heterocycles. The molecule has 218 valence electrons. The number of likely N-dealkylation sites (N-methyl/N-ethyl adjacent to an activating group) is 1.